The van der Waals surface area contributed by atoms with Gasteiger partial charge in [0.1, 0.15) is 10.6 Å². The minimum atomic E-state index is -0.0622. The number of amides is 1. The van der Waals surface area contributed by atoms with E-state index < -0.39 is 0 Å². The van der Waals surface area contributed by atoms with Crippen LogP contribution in [0.1, 0.15) is 21.5 Å². The van der Waals surface area contributed by atoms with Crippen LogP contribution in [0.25, 0.3) is 0 Å². The fourth-order valence-electron chi connectivity index (χ4n) is 1.32. The molecule has 0 aliphatic heterocycles. The van der Waals surface area contributed by atoms with Crippen molar-refractivity contribution in [1.82, 2.24) is 10.6 Å². The molecule has 98 valence electrons. The molecule has 1 heterocycles. The Bertz CT molecular complexity index is 355. The van der Waals surface area contributed by atoms with Crippen molar-refractivity contribution in [2.75, 3.05) is 26.7 Å². The summed E-state index contributed by atoms with van der Waals surface area (Å²) in [5.41, 5.74) is 0. The molecule has 1 rings (SSSR count). The van der Waals surface area contributed by atoms with E-state index in [4.69, 9.17) is 4.74 Å². The van der Waals surface area contributed by atoms with Gasteiger partial charge in [-0.25, -0.2) is 0 Å². The van der Waals surface area contributed by atoms with Crippen molar-refractivity contribution in [2.24, 2.45) is 0 Å². The van der Waals surface area contributed by atoms with E-state index in [2.05, 4.69) is 10.6 Å². The van der Waals surface area contributed by atoms with E-state index in [-0.39, 0.29) is 18.3 Å². The third-order valence-electron chi connectivity index (χ3n) is 2.08. The summed E-state index contributed by atoms with van der Waals surface area (Å²) in [5.74, 6) is 0.594. The number of methoxy groups -OCH3 is 1. The number of thiophene rings is 1. The maximum atomic E-state index is 11.8. The molecule has 0 fully saturated rings. The number of likely N-dealkylation sites (N-methyl/N-ethyl adjacent to an activating group) is 1. The Hall–Kier alpha value is -0.780. The quantitative estimate of drug-likeness (QED) is 0.781. The Morgan fingerprint density at radius 1 is 1.47 bits per heavy atom. The van der Waals surface area contributed by atoms with Crippen LogP contribution in [0.4, 0.5) is 0 Å². The third-order valence-corrected chi connectivity index (χ3v) is 3.12. The van der Waals surface area contributed by atoms with Gasteiger partial charge in [0.25, 0.3) is 5.91 Å². The lowest BCUT2D eigenvalue weighted by atomic mass is 10.3. The molecule has 0 spiro atoms. The standard InChI is InChI=1S/C11H18N2O2S.ClH/c1-4-12-5-6-13-11(14)10-9(15-3)7-8(2)16-10;/h7,12H,4-6H2,1-3H3,(H,13,14);1H. The van der Waals surface area contributed by atoms with E-state index in [0.29, 0.717) is 17.2 Å². The Labute approximate surface area is 112 Å². The molecular weight excluding hydrogens is 260 g/mol. The maximum Gasteiger partial charge on any atom is 0.265 e. The number of hydrogen-bond donors (Lipinski definition) is 2. The summed E-state index contributed by atoms with van der Waals surface area (Å²) in [5, 5.41) is 6.00. The second kappa shape index (κ2) is 8.33. The normalized spacial score (nSPS) is 9.59. The number of carbonyl (C=O) groups excluding carboxylic acids is 1. The smallest absolute Gasteiger partial charge is 0.265 e. The number of nitrogens with one attached hydrogen (secondary N) is 2. The number of hydrogen-bond acceptors (Lipinski definition) is 4. The Kier molecular flexibility index (Phi) is 7.95. The van der Waals surface area contributed by atoms with Gasteiger partial charge in [0.15, 0.2) is 0 Å². The molecule has 0 atom stereocenters. The van der Waals surface area contributed by atoms with Gasteiger partial charge in [-0.2, -0.15) is 0 Å². The molecular formula is C11H19ClN2O2S. The molecule has 2 N–H and O–H groups in total. The molecule has 0 saturated heterocycles. The van der Waals surface area contributed by atoms with Crippen LogP contribution < -0.4 is 15.4 Å². The van der Waals surface area contributed by atoms with E-state index in [9.17, 15) is 4.79 Å². The van der Waals surface area contributed by atoms with Gasteiger partial charge in [-0.15, -0.1) is 23.7 Å². The molecule has 4 nitrogen and oxygen atoms in total. The summed E-state index contributed by atoms with van der Waals surface area (Å²) in [7, 11) is 1.58. The summed E-state index contributed by atoms with van der Waals surface area (Å²) in [6, 6.07) is 1.88. The van der Waals surface area contributed by atoms with Gasteiger partial charge < -0.3 is 15.4 Å². The van der Waals surface area contributed by atoms with E-state index in [1.54, 1.807) is 7.11 Å². The minimum Gasteiger partial charge on any atom is -0.495 e. The van der Waals surface area contributed by atoms with Crippen LogP contribution in [0, 0.1) is 6.92 Å². The molecule has 0 aliphatic rings. The summed E-state index contributed by atoms with van der Waals surface area (Å²) >= 11 is 1.45. The average Bonchev–Trinajstić information content (AvgIpc) is 2.65. The molecule has 0 aromatic carbocycles. The topological polar surface area (TPSA) is 50.4 Å². The second-order valence-electron chi connectivity index (χ2n) is 3.36. The number of ether oxygens (including phenoxy) is 1. The molecule has 0 unspecified atom stereocenters. The monoisotopic (exact) mass is 278 g/mol. The van der Waals surface area contributed by atoms with E-state index in [1.807, 2.05) is 19.9 Å². The van der Waals surface area contributed by atoms with Crippen LogP contribution in [0.15, 0.2) is 6.07 Å². The minimum absolute atomic E-state index is 0. The molecule has 0 radical (unpaired) electrons. The third kappa shape index (κ3) is 4.93. The molecule has 1 amide bonds. The van der Waals surface area contributed by atoms with Crippen LogP contribution in [0.3, 0.4) is 0 Å². The first-order chi connectivity index (χ1) is 7.69. The Morgan fingerprint density at radius 3 is 2.76 bits per heavy atom. The molecule has 1 aromatic heterocycles. The highest BCUT2D eigenvalue weighted by molar-refractivity contribution is 7.14. The van der Waals surface area contributed by atoms with Crippen molar-refractivity contribution < 1.29 is 9.53 Å². The number of rotatable bonds is 6. The number of aryl methyl sites for hydroxylation is 1. The molecule has 0 saturated carbocycles. The van der Waals surface area contributed by atoms with Crippen molar-refractivity contribution in [3.8, 4) is 5.75 Å². The lowest BCUT2D eigenvalue weighted by molar-refractivity contribution is 0.0955. The first kappa shape index (κ1) is 16.2. The SMILES string of the molecule is CCNCCNC(=O)c1sc(C)cc1OC.Cl. The highest BCUT2D eigenvalue weighted by Gasteiger charge is 2.14. The van der Waals surface area contributed by atoms with E-state index in [1.165, 1.54) is 11.3 Å². The number of halogens is 1. The van der Waals surface area contributed by atoms with Gasteiger partial charge in [-0.3, -0.25) is 4.79 Å². The van der Waals surface area contributed by atoms with Crippen LogP contribution in [-0.4, -0.2) is 32.7 Å². The predicted octanol–water partition coefficient (Wildman–Crippen LogP) is 1.83. The van der Waals surface area contributed by atoms with Crippen LogP contribution >= 0.6 is 23.7 Å². The Balaban J connectivity index is 0.00000256. The van der Waals surface area contributed by atoms with Gasteiger partial charge in [0, 0.05) is 18.0 Å². The maximum absolute atomic E-state index is 11.8. The molecule has 17 heavy (non-hydrogen) atoms. The van der Waals surface area contributed by atoms with Gasteiger partial charge >= 0.3 is 0 Å². The van der Waals surface area contributed by atoms with Crippen LogP contribution in [0.5, 0.6) is 5.75 Å². The lowest BCUT2D eigenvalue weighted by Crippen LogP contribution is -2.31. The summed E-state index contributed by atoms with van der Waals surface area (Å²) in [4.78, 5) is 13.5. The van der Waals surface area contributed by atoms with Gasteiger partial charge in [-0.05, 0) is 19.5 Å². The number of carbonyl (C=O) groups is 1. The zero-order valence-corrected chi connectivity index (χ0v) is 12.0. The molecule has 6 heteroatoms. The summed E-state index contributed by atoms with van der Waals surface area (Å²) < 4.78 is 5.15. The van der Waals surface area contributed by atoms with Crippen molar-refractivity contribution in [3.05, 3.63) is 15.8 Å². The molecule has 0 bridgehead atoms. The van der Waals surface area contributed by atoms with Gasteiger partial charge in [0.05, 0.1) is 7.11 Å². The van der Waals surface area contributed by atoms with Crippen molar-refractivity contribution >= 4 is 29.7 Å². The molecule has 0 aliphatic carbocycles. The van der Waals surface area contributed by atoms with Crippen molar-refractivity contribution in [3.63, 3.8) is 0 Å². The second-order valence-corrected chi connectivity index (χ2v) is 4.62. The van der Waals surface area contributed by atoms with Crippen LogP contribution in [0.2, 0.25) is 0 Å². The van der Waals surface area contributed by atoms with Gasteiger partial charge in [0.2, 0.25) is 0 Å². The van der Waals surface area contributed by atoms with Crippen LogP contribution in [-0.2, 0) is 0 Å². The van der Waals surface area contributed by atoms with Crippen molar-refractivity contribution in [1.29, 1.82) is 0 Å². The zero-order chi connectivity index (χ0) is 12.0. The average molecular weight is 279 g/mol. The lowest BCUT2D eigenvalue weighted by Gasteiger charge is -2.05. The predicted molar refractivity (Wildman–Crippen MR) is 73.7 cm³/mol. The molecule has 1 aromatic rings. The van der Waals surface area contributed by atoms with E-state index in [0.717, 1.165) is 18.0 Å². The highest BCUT2D eigenvalue weighted by Crippen LogP contribution is 2.28. The first-order valence-electron chi connectivity index (χ1n) is 5.32. The Morgan fingerprint density at radius 2 is 2.18 bits per heavy atom. The van der Waals surface area contributed by atoms with E-state index >= 15 is 0 Å². The van der Waals surface area contributed by atoms with Gasteiger partial charge in [-0.1, -0.05) is 6.92 Å². The van der Waals surface area contributed by atoms with Crippen molar-refractivity contribution in [2.45, 2.75) is 13.8 Å². The highest BCUT2D eigenvalue weighted by atomic mass is 35.5. The first-order valence-corrected chi connectivity index (χ1v) is 6.14. The summed E-state index contributed by atoms with van der Waals surface area (Å²) in [6.45, 7) is 6.33. The largest absolute Gasteiger partial charge is 0.495 e. The fourth-order valence-corrected chi connectivity index (χ4v) is 2.22. The fraction of sp³-hybridized carbons (Fsp3) is 0.545. The zero-order valence-electron chi connectivity index (χ0n) is 10.3. The summed E-state index contributed by atoms with van der Waals surface area (Å²) in [6.07, 6.45) is 0.